The van der Waals surface area contributed by atoms with Gasteiger partial charge in [0.25, 0.3) is 5.91 Å². The Morgan fingerprint density at radius 1 is 1.16 bits per heavy atom. The molecule has 2 aromatic rings. The number of hydrogen-bond acceptors (Lipinski definition) is 5. The van der Waals surface area contributed by atoms with E-state index in [0.717, 1.165) is 31.6 Å². The highest BCUT2D eigenvalue weighted by Gasteiger charge is 2.12. The second-order valence-electron chi connectivity index (χ2n) is 6.24. The molecule has 2 heterocycles. The molecule has 1 amide bonds. The number of hydrogen-bond donors (Lipinski definition) is 2. The van der Waals surface area contributed by atoms with Crippen LogP contribution in [-0.4, -0.2) is 35.5 Å². The molecule has 6 nitrogen and oxygen atoms in total. The lowest BCUT2D eigenvalue weighted by atomic mass is 10.2. The molecule has 0 atom stereocenters. The maximum atomic E-state index is 12.1. The molecule has 1 fully saturated rings. The van der Waals surface area contributed by atoms with E-state index >= 15 is 0 Å². The van der Waals surface area contributed by atoms with Gasteiger partial charge in [0.2, 0.25) is 5.95 Å². The monoisotopic (exact) mass is 339 g/mol. The van der Waals surface area contributed by atoms with Gasteiger partial charge < -0.3 is 15.5 Å². The highest BCUT2D eigenvalue weighted by atomic mass is 16.1. The summed E-state index contributed by atoms with van der Waals surface area (Å²) in [6, 6.07) is 9.88. The first-order valence-electron chi connectivity index (χ1n) is 8.99. The number of carbonyl (C=O) groups excluding carboxylic acids is 1. The Labute approximate surface area is 148 Å². The molecule has 2 N–H and O–H groups in total. The minimum atomic E-state index is -0.164. The molecule has 0 unspecified atom stereocenters. The Bertz CT molecular complexity index is 695. The van der Waals surface area contributed by atoms with Gasteiger partial charge in [0, 0.05) is 37.2 Å². The summed E-state index contributed by atoms with van der Waals surface area (Å²) in [6.07, 6.45) is 6.14. The molecule has 3 rings (SSSR count). The molecular formula is C19H25N5O. The van der Waals surface area contributed by atoms with E-state index in [2.05, 4.69) is 44.6 Å². The topological polar surface area (TPSA) is 70.2 Å². The SMILES string of the molecule is CCCCNC(=O)c1ccnc(Nc2ccc(N3CCCC3)cc2)n1. The Hall–Kier alpha value is -2.63. The molecular weight excluding hydrogens is 314 g/mol. The second-order valence-corrected chi connectivity index (χ2v) is 6.24. The van der Waals surface area contributed by atoms with Crippen LogP contribution in [0.1, 0.15) is 43.1 Å². The first-order chi connectivity index (χ1) is 12.3. The van der Waals surface area contributed by atoms with Crippen molar-refractivity contribution in [2.75, 3.05) is 29.9 Å². The fourth-order valence-electron chi connectivity index (χ4n) is 2.87. The molecule has 0 saturated carbocycles. The molecule has 132 valence electrons. The smallest absolute Gasteiger partial charge is 0.270 e. The number of rotatable bonds is 7. The van der Waals surface area contributed by atoms with Crippen LogP contribution in [0.4, 0.5) is 17.3 Å². The van der Waals surface area contributed by atoms with Crippen molar-refractivity contribution in [1.29, 1.82) is 0 Å². The molecule has 1 aromatic carbocycles. The first-order valence-corrected chi connectivity index (χ1v) is 8.99. The highest BCUT2D eigenvalue weighted by molar-refractivity contribution is 5.92. The van der Waals surface area contributed by atoms with Crippen molar-refractivity contribution in [3.8, 4) is 0 Å². The maximum Gasteiger partial charge on any atom is 0.270 e. The van der Waals surface area contributed by atoms with Crippen LogP contribution in [0.25, 0.3) is 0 Å². The molecule has 0 spiro atoms. The number of anilines is 3. The van der Waals surface area contributed by atoms with Gasteiger partial charge in [-0.2, -0.15) is 0 Å². The lowest BCUT2D eigenvalue weighted by Crippen LogP contribution is -2.25. The summed E-state index contributed by atoms with van der Waals surface area (Å²) in [4.78, 5) is 23.0. The first kappa shape index (κ1) is 17.2. The number of amides is 1. The average molecular weight is 339 g/mol. The summed E-state index contributed by atoms with van der Waals surface area (Å²) in [5.41, 5.74) is 2.53. The minimum Gasteiger partial charge on any atom is -0.372 e. The molecule has 0 radical (unpaired) electrons. The van der Waals surface area contributed by atoms with Crippen LogP contribution in [-0.2, 0) is 0 Å². The van der Waals surface area contributed by atoms with Gasteiger partial charge in [0.05, 0.1) is 0 Å². The van der Waals surface area contributed by atoms with Gasteiger partial charge in [-0.05, 0) is 49.6 Å². The summed E-state index contributed by atoms with van der Waals surface area (Å²) in [6.45, 7) is 5.02. The Morgan fingerprint density at radius 2 is 1.92 bits per heavy atom. The predicted molar refractivity (Wildman–Crippen MR) is 100 cm³/mol. The summed E-state index contributed by atoms with van der Waals surface area (Å²) >= 11 is 0. The third-order valence-corrected chi connectivity index (χ3v) is 4.30. The predicted octanol–water partition coefficient (Wildman–Crippen LogP) is 3.35. The van der Waals surface area contributed by atoms with E-state index in [1.807, 2.05) is 12.1 Å². The number of carbonyl (C=O) groups is 1. The maximum absolute atomic E-state index is 12.1. The largest absolute Gasteiger partial charge is 0.372 e. The van der Waals surface area contributed by atoms with Gasteiger partial charge in [-0.15, -0.1) is 0 Å². The number of benzene rings is 1. The molecule has 6 heteroatoms. The fraction of sp³-hybridized carbons (Fsp3) is 0.421. The Morgan fingerprint density at radius 3 is 2.64 bits per heavy atom. The molecule has 1 aromatic heterocycles. The number of unbranched alkanes of at least 4 members (excludes halogenated alkanes) is 1. The molecule has 1 aliphatic rings. The van der Waals surface area contributed by atoms with Crippen LogP contribution < -0.4 is 15.5 Å². The van der Waals surface area contributed by atoms with Gasteiger partial charge in [0.1, 0.15) is 5.69 Å². The minimum absolute atomic E-state index is 0.164. The van der Waals surface area contributed by atoms with E-state index in [4.69, 9.17) is 0 Å². The van der Waals surface area contributed by atoms with Gasteiger partial charge in [0.15, 0.2) is 0 Å². The fourth-order valence-corrected chi connectivity index (χ4v) is 2.87. The summed E-state index contributed by atoms with van der Waals surface area (Å²) in [5, 5.41) is 6.03. The van der Waals surface area contributed by atoms with Gasteiger partial charge in [-0.1, -0.05) is 13.3 Å². The standard InChI is InChI=1S/C19H25N5O/c1-2-3-11-20-18(25)17-10-12-21-19(23-17)22-15-6-8-16(9-7-15)24-13-4-5-14-24/h6-10,12H,2-5,11,13-14H2,1H3,(H,20,25)(H,21,22,23). The van der Waals surface area contributed by atoms with Crippen molar-refractivity contribution in [2.24, 2.45) is 0 Å². The van der Waals surface area contributed by atoms with Crippen molar-refractivity contribution in [3.63, 3.8) is 0 Å². The van der Waals surface area contributed by atoms with Gasteiger partial charge in [-0.3, -0.25) is 4.79 Å². The van der Waals surface area contributed by atoms with E-state index in [1.54, 1.807) is 12.3 Å². The van der Waals surface area contributed by atoms with Crippen molar-refractivity contribution in [3.05, 3.63) is 42.2 Å². The summed E-state index contributed by atoms with van der Waals surface area (Å²) in [7, 11) is 0. The summed E-state index contributed by atoms with van der Waals surface area (Å²) in [5.74, 6) is 0.264. The zero-order chi connectivity index (χ0) is 17.5. The lowest BCUT2D eigenvalue weighted by molar-refractivity contribution is 0.0948. The van der Waals surface area contributed by atoms with E-state index in [1.165, 1.54) is 18.5 Å². The number of aromatic nitrogens is 2. The number of nitrogens with one attached hydrogen (secondary N) is 2. The zero-order valence-corrected chi connectivity index (χ0v) is 14.7. The van der Waals surface area contributed by atoms with E-state index < -0.39 is 0 Å². The number of nitrogens with zero attached hydrogens (tertiary/aromatic N) is 3. The van der Waals surface area contributed by atoms with Gasteiger partial charge >= 0.3 is 0 Å². The average Bonchev–Trinajstić information content (AvgIpc) is 3.17. The third kappa shape index (κ3) is 4.68. The van der Waals surface area contributed by atoms with Crippen molar-refractivity contribution < 1.29 is 4.79 Å². The van der Waals surface area contributed by atoms with Crippen molar-refractivity contribution >= 4 is 23.2 Å². The van der Waals surface area contributed by atoms with E-state index in [-0.39, 0.29) is 5.91 Å². The summed E-state index contributed by atoms with van der Waals surface area (Å²) < 4.78 is 0. The molecule has 0 bridgehead atoms. The third-order valence-electron chi connectivity index (χ3n) is 4.30. The van der Waals surface area contributed by atoms with Gasteiger partial charge in [-0.25, -0.2) is 9.97 Å². The van der Waals surface area contributed by atoms with Crippen molar-refractivity contribution in [2.45, 2.75) is 32.6 Å². The van der Waals surface area contributed by atoms with Crippen LogP contribution in [0.2, 0.25) is 0 Å². The second kappa shape index (κ2) is 8.46. The normalized spacial score (nSPS) is 13.7. The zero-order valence-electron chi connectivity index (χ0n) is 14.7. The molecule has 1 saturated heterocycles. The van der Waals surface area contributed by atoms with Crippen LogP contribution in [0.5, 0.6) is 0 Å². The Balaban J connectivity index is 1.62. The van der Waals surface area contributed by atoms with E-state index in [0.29, 0.717) is 18.2 Å². The van der Waals surface area contributed by atoms with Crippen molar-refractivity contribution in [1.82, 2.24) is 15.3 Å². The molecule has 1 aliphatic heterocycles. The van der Waals surface area contributed by atoms with E-state index in [9.17, 15) is 4.79 Å². The molecule has 0 aliphatic carbocycles. The van der Waals surface area contributed by atoms with Crippen LogP contribution in [0.15, 0.2) is 36.5 Å². The highest BCUT2D eigenvalue weighted by Crippen LogP contribution is 2.23. The van der Waals surface area contributed by atoms with Crippen LogP contribution in [0, 0.1) is 0 Å². The molecule has 25 heavy (non-hydrogen) atoms. The Kier molecular flexibility index (Phi) is 5.82. The quantitative estimate of drug-likeness (QED) is 0.757. The van der Waals surface area contributed by atoms with Crippen LogP contribution in [0.3, 0.4) is 0 Å². The lowest BCUT2D eigenvalue weighted by Gasteiger charge is -2.17. The van der Waals surface area contributed by atoms with Crippen LogP contribution >= 0.6 is 0 Å².